The van der Waals surface area contributed by atoms with Crippen molar-refractivity contribution in [2.24, 2.45) is 0 Å². The van der Waals surface area contributed by atoms with Crippen molar-refractivity contribution in [2.75, 3.05) is 18.0 Å². The van der Waals surface area contributed by atoms with Crippen LogP contribution in [-0.4, -0.2) is 34.1 Å². The predicted molar refractivity (Wildman–Crippen MR) is 94.6 cm³/mol. The number of pyridine rings is 1. The van der Waals surface area contributed by atoms with Crippen molar-refractivity contribution in [1.82, 2.24) is 15.0 Å². The van der Waals surface area contributed by atoms with Gasteiger partial charge in [-0.2, -0.15) is 0 Å². The summed E-state index contributed by atoms with van der Waals surface area (Å²) < 4.78 is 6.23. The van der Waals surface area contributed by atoms with Crippen LogP contribution in [0.4, 0.5) is 5.82 Å². The molecular formula is C18H17ClN4O. The maximum Gasteiger partial charge on any atom is 0.150 e. The lowest BCUT2D eigenvalue weighted by molar-refractivity contribution is 0.172. The van der Waals surface area contributed by atoms with E-state index in [2.05, 4.69) is 32.0 Å². The molecule has 4 rings (SSSR count). The minimum Gasteiger partial charge on any atom is -0.488 e. The highest BCUT2D eigenvalue weighted by Gasteiger charge is 2.23. The average molecular weight is 341 g/mol. The van der Waals surface area contributed by atoms with E-state index in [0.29, 0.717) is 5.02 Å². The lowest BCUT2D eigenvalue weighted by Gasteiger charge is -2.33. The Bertz CT molecular complexity index is 844. The number of benzene rings is 1. The summed E-state index contributed by atoms with van der Waals surface area (Å²) in [5, 5.41) is 1.69. The van der Waals surface area contributed by atoms with Crippen LogP contribution in [0.3, 0.4) is 0 Å². The molecule has 0 spiro atoms. The zero-order valence-corrected chi connectivity index (χ0v) is 13.9. The van der Waals surface area contributed by atoms with Gasteiger partial charge >= 0.3 is 0 Å². The summed E-state index contributed by atoms with van der Waals surface area (Å²) in [6.45, 7) is 1.72. The zero-order chi connectivity index (χ0) is 16.4. The topological polar surface area (TPSA) is 51.1 Å². The molecule has 0 atom stereocenters. The van der Waals surface area contributed by atoms with E-state index in [1.54, 1.807) is 12.4 Å². The van der Waals surface area contributed by atoms with Crippen LogP contribution in [0.15, 0.2) is 49.1 Å². The molecule has 6 heteroatoms. The summed E-state index contributed by atoms with van der Waals surface area (Å²) in [5.41, 5.74) is 0.918. The van der Waals surface area contributed by atoms with Gasteiger partial charge in [0, 0.05) is 37.5 Å². The van der Waals surface area contributed by atoms with Gasteiger partial charge in [-0.05, 0) is 12.1 Å². The zero-order valence-electron chi connectivity index (χ0n) is 13.1. The third kappa shape index (κ3) is 2.99. The molecule has 0 bridgehead atoms. The van der Waals surface area contributed by atoms with Crippen molar-refractivity contribution in [3.05, 3.63) is 54.1 Å². The molecular weight excluding hydrogens is 324 g/mol. The molecule has 2 aromatic heterocycles. The minimum atomic E-state index is 0.175. The highest BCUT2D eigenvalue weighted by Crippen LogP contribution is 2.29. The highest BCUT2D eigenvalue weighted by molar-refractivity contribution is 6.32. The fourth-order valence-electron chi connectivity index (χ4n) is 3.08. The van der Waals surface area contributed by atoms with Gasteiger partial charge in [-0.15, -0.1) is 0 Å². The Kier molecular flexibility index (Phi) is 4.17. The normalized spacial score (nSPS) is 15.6. The molecule has 1 fully saturated rings. The Morgan fingerprint density at radius 2 is 1.92 bits per heavy atom. The summed E-state index contributed by atoms with van der Waals surface area (Å²) in [6.07, 6.45) is 6.98. The number of halogens is 1. The van der Waals surface area contributed by atoms with E-state index >= 15 is 0 Å². The number of rotatable bonds is 3. The SMILES string of the molecule is Clc1cncnc1N1CCC(Oc2cccc3cccnc23)CC1. The number of hydrogen-bond donors (Lipinski definition) is 0. The van der Waals surface area contributed by atoms with Gasteiger partial charge in [0.25, 0.3) is 0 Å². The lowest BCUT2D eigenvalue weighted by atomic mass is 10.1. The number of anilines is 1. The van der Waals surface area contributed by atoms with E-state index < -0.39 is 0 Å². The molecule has 1 aliphatic heterocycles. The van der Waals surface area contributed by atoms with Crippen LogP contribution in [0.25, 0.3) is 10.9 Å². The van der Waals surface area contributed by atoms with E-state index in [1.165, 1.54) is 6.33 Å². The fourth-order valence-corrected chi connectivity index (χ4v) is 3.30. The Labute approximate surface area is 145 Å². The van der Waals surface area contributed by atoms with Gasteiger partial charge in [-0.1, -0.05) is 29.8 Å². The summed E-state index contributed by atoms with van der Waals surface area (Å²) >= 11 is 6.18. The third-order valence-electron chi connectivity index (χ3n) is 4.28. The van der Waals surface area contributed by atoms with Crippen molar-refractivity contribution < 1.29 is 4.74 Å². The molecule has 5 nitrogen and oxygen atoms in total. The van der Waals surface area contributed by atoms with Crippen molar-refractivity contribution in [1.29, 1.82) is 0 Å². The number of nitrogens with zero attached hydrogens (tertiary/aromatic N) is 4. The predicted octanol–water partition coefficient (Wildman–Crippen LogP) is 3.73. The van der Waals surface area contributed by atoms with Gasteiger partial charge in [-0.3, -0.25) is 4.98 Å². The average Bonchev–Trinajstić information content (AvgIpc) is 2.63. The fraction of sp³-hybridized carbons (Fsp3) is 0.278. The third-order valence-corrected chi connectivity index (χ3v) is 4.55. The molecule has 122 valence electrons. The monoisotopic (exact) mass is 340 g/mol. The quantitative estimate of drug-likeness (QED) is 0.727. The van der Waals surface area contributed by atoms with Crippen LogP contribution < -0.4 is 9.64 Å². The van der Waals surface area contributed by atoms with E-state index in [0.717, 1.165) is 48.4 Å². The summed E-state index contributed by atoms with van der Waals surface area (Å²) in [6, 6.07) is 10.0. The number of aromatic nitrogens is 3. The number of piperidine rings is 1. The number of para-hydroxylation sites is 1. The van der Waals surface area contributed by atoms with Gasteiger partial charge < -0.3 is 9.64 Å². The van der Waals surface area contributed by atoms with E-state index in [9.17, 15) is 0 Å². The van der Waals surface area contributed by atoms with Gasteiger partial charge in [0.1, 0.15) is 28.7 Å². The number of fused-ring (bicyclic) bond motifs is 1. The first-order chi connectivity index (χ1) is 11.8. The molecule has 1 saturated heterocycles. The summed E-state index contributed by atoms with van der Waals surface area (Å²) in [4.78, 5) is 14.9. The maximum atomic E-state index is 6.23. The van der Waals surface area contributed by atoms with Gasteiger partial charge in [-0.25, -0.2) is 9.97 Å². The molecule has 0 saturated carbocycles. The van der Waals surface area contributed by atoms with Gasteiger partial charge in [0.05, 0.1) is 6.20 Å². The Balaban J connectivity index is 1.46. The molecule has 3 aromatic rings. The molecule has 0 unspecified atom stereocenters. The molecule has 0 N–H and O–H groups in total. The Hall–Kier alpha value is -2.40. The smallest absolute Gasteiger partial charge is 0.150 e. The van der Waals surface area contributed by atoms with E-state index in [1.807, 2.05) is 18.2 Å². The molecule has 24 heavy (non-hydrogen) atoms. The summed E-state index contributed by atoms with van der Waals surface area (Å²) in [5.74, 6) is 1.66. The molecule has 0 radical (unpaired) electrons. The first-order valence-electron chi connectivity index (χ1n) is 8.02. The van der Waals surface area contributed by atoms with Crippen LogP contribution in [-0.2, 0) is 0 Å². The molecule has 3 heterocycles. The maximum absolute atomic E-state index is 6.23. The minimum absolute atomic E-state index is 0.175. The number of ether oxygens (including phenoxy) is 1. The summed E-state index contributed by atoms with van der Waals surface area (Å²) in [7, 11) is 0. The van der Waals surface area contributed by atoms with Gasteiger partial charge in [0.2, 0.25) is 0 Å². The largest absolute Gasteiger partial charge is 0.488 e. The van der Waals surface area contributed by atoms with Crippen LogP contribution in [0.1, 0.15) is 12.8 Å². The van der Waals surface area contributed by atoms with Crippen LogP contribution in [0.5, 0.6) is 5.75 Å². The molecule has 1 aromatic carbocycles. The standard InChI is InChI=1S/C18H17ClN4O/c19-15-11-20-12-22-18(15)23-9-6-14(7-10-23)24-16-5-1-3-13-4-2-8-21-17(13)16/h1-5,8,11-12,14H,6-7,9-10H2. The second kappa shape index (κ2) is 6.61. The second-order valence-electron chi connectivity index (χ2n) is 5.83. The van der Waals surface area contributed by atoms with Crippen molar-refractivity contribution in [3.63, 3.8) is 0 Å². The molecule has 1 aliphatic rings. The van der Waals surface area contributed by atoms with E-state index in [-0.39, 0.29) is 6.10 Å². The molecule has 0 aliphatic carbocycles. The van der Waals surface area contributed by atoms with Crippen molar-refractivity contribution in [2.45, 2.75) is 18.9 Å². The van der Waals surface area contributed by atoms with Gasteiger partial charge in [0.15, 0.2) is 5.82 Å². The van der Waals surface area contributed by atoms with Crippen LogP contribution >= 0.6 is 11.6 Å². The van der Waals surface area contributed by atoms with Crippen LogP contribution in [0.2, 0.25) is 5.02 Å². The van der Waals surface area contributed by atoms with Crippen molar-refractivity contribution >= 4 is 28.3 Å². The highest BCUT2D eigenvalue weighted by atomic mass is 35.5. The molecule has 0 amide bonds. The second-order valence-corrected chi connectivity index (χ2v) is 6.24. The van der Waals surface area contributed by atoms with Crippen molar-refractivity contribution in [3.8, 4) is 5.75 Å². The first kappa shape index (κ1) is 15.1. The number of hydrogen-bond acceptors (Lipinski definition) is 5. The lowest BCUT2D eigenvalue weighted by Crippen LogP contribution is -2.38. The van der Waals surface area contributed by atoms with E-state index in [4.69, 9.17) is 16.3 Å². The Morgan fingerprint density at radius 3 is 2.75 bits per heavy atom. The first-order valence-corrected chi connectivity index (χ1v) is 8.40. The Morgan fingerprint density at radius 1 is 1.08 bits per heavy atom. The van der Waals surface area contributed by atoms with Crippen LogP contribution in [0, 0.1) is 0 Å².